The molecule has 0 saturated heterocycles. The van der Waals surface area contributed by atoms with Gasteiger partial charge in [-0.3, -0.25) is 0 Å². The van der Waals surface area contributed by atoms with Crippen LogP contribution in [0.3, 0.4) is 0 Å². The zero-order chi connectivity index (χ0) is 19.1. The van der Waals surface area contributed by atoms with Crippen LogP contribution in [0, 0.1) is 5.82 Å². The smallest absolute Gasteiger partial charge is 0.202 e. The monoisotopic (exact) mass is 449 g/mol. The van der Waals surface area contributed by atoms with E-state index in [0.717, 1.165) is 0 Å². The van der Waals surface area contributed by atoms with Gasteiger partial charge in [-0.15, -0.1) is 9.86 Å². The van der Waals surface area contributed by atoms with Crippen LogP contribution in [-0.4, -0.2) is 47.0 Å². The van der Waals surface area contributed by atoms with Crippen molar-refractivity contribution in [2.75, 3.05) is 25.6 Å². The maximum atomic E-state index is 13.3. The molecule has 1 aromatic heterocycles. The minimum Gasteiger partial charge on any atom is -0.579 e. The zero-order valence-electron chi connectivity index (χ0n) is 13.6. The summed E-state index contributed by atoms with van der Waals surface area (Å²) in [4.78, 5) is 4.16. The number of methoxy groups -OCH3 is 1. The first-order valence-corrected chi connectivity index (χ1v) is 9.18. The summed E-state index contributed by atoms with van der Waals surface area (Å²) >= 11 is 1.37. The number of benzene rings is 1. The minimum atomic E-state index is -1.70. The number of hydrogen-bond acceptors (Lipinski definition) is 9. The highest BCUT2D eigenvalue weighted by Gasteiger charge is 2.18. The van der Waals surface area contributed by atoms with Gasteiger partial charge >= 0.3 is 0 Å². The number of halogens is 2. The lowest BCUT2D eigenvalue weighted by atomic mass is 10.3. The molecule has 0 saturated carbocycles. The second kappa shape index (κ2) is 9.80. The van der Waals surface area contributed by atoms with Crippen molar-refractivity contribution in [3.63, 3.8) is 0 Å². The van der Waals surface area contributed by atoms with Gasteiger partial charge in [0.15, 0.2) is 11.5 Å². The number of rotatable bonds is 9. The van der Waals surface area contributed by atoms with Gasteiger partial charge < -0.3 is 20.3 Å². The maximum absolute atomic E-state index is 13.3. The first kappa shape index (κ1) is 20.5. The summed E-state index contributed by atoms with van der Waals surface area (Å²) < 4.78 is 37.0. The molecule has 0 radical (unpaired) electrons. The van der Waals surface area contributed by atoms with Gasteiger partial charge in [0, 0.05) is 13.7 Å². The Morgan fingerprint density at radius 3 is 2.96 bits per heavy atom. The molecule has 2 unspecified atom stereocenters. The second-order valence-electron chi connectivity index (χ2n) is 5.01. The normalized spacial score (nSPS) is 14.3. The highest BCUT2D eigenvalue weighted by Crippen LogP contribution is 2.23. The van der Waals surface area contributed by atoms with Crippen molar-refractivity contribution in [2.24, 2.45) is 15.9 Å². The molecule has 10 nitrogen and oxygen atoms in total. The number of aromatic nitrogens is 2. The molecule has 13 heteroatoms. The van der Waals surface area contributed by atoms with Gasteiger partial charge in [0.1, 0.15) is 17.4 Å². The highest BCUT2D eigenvalue weighted by atomic mass is 79.9. The largest absolute Gasteiger partial charge is 0.579 e. The van der Waals surface area contributed by atoms with Crippen molar-refractivity contribution >= 4 is 44.8 Å². The number of hydrogen-bond donors (Lipinski definition) is 4. The third-order valence-electron chi connectivity index (χ3n) is 3.05. The Labute approximate surface area is 160 Å². The van der Waals surface area contributed by atoms with Crippen LogP contribution < -0.4 is 20.9 Å². The van der Waals surface area contributed by atoms with Crippen LogP contribution in [0.25, 0.3) is 0 Å². The Kier molecular flexibility index (Phi) is 7.74. The Balaban J connectivity index is 2.10. The number of anilines is 1. The van der Waals surface area contributed by atoms with E-state index in [4.69, 9.17) is 20.2 Å². The molecule has 1 aromatic carbocycles. The standard InChI is InChI=1S/C13H17BrFN7O3S/c1-24-6-8(22-26(17)23)5-18-13-11(20-25-21-13)12(16)19-7-2-3-10(15)9(14)4-7/h2-4,8,22H,5-6,17H2,1H3,(H2,16,19)(H,18,21). The van der Waals surface area contributed by atoms with Crippen LogP contribution in [0.5, 0.6) is 0 Å². The lowest BCUT2D eigenvalue weighted by Crippen LogP contribution is -2.45. The fraction of sp³-hybridized carbons (Fsp3) is 0.308. The van der Waals surface area contributed by atoms with Crippen LogP contribution in [0.4, 0.5) is 15.9 Å². The summed E-state index contributed by atoms with van der Waals surface area (Å²) in [5.41, 5.74) is 6.53. The van der Waals surface area contributed by atoms with Crippen LogP contribution in [0.15, 0.2) is 32.3 Å². The van der Waals surface area contributed by atoms with Gasteiger partial charge in [0.2, 0.25) is 5.82 Å². The second-order valence-corrected chi connectivity index (χ2v) is 6.69. The van der Waals surface area contributed by atoms with Crippen LogP contribution in [0.1, 0.15) is 5.69 Å². The van der Waals surface area contributed by atoms with Crippen molar-refractivity contribution in [3.05, 3.63) is 34.2 Å². The van der Waals surface area contributed by atoms with Crippen molar-refractivity contribution < 1.29 is 18.3 Å². The third kappa shape index (κ3) is 5.89. The number of nitrogens with zero attached hydrogens (tertiary/aromatic N) is 3. The van der Waals surface area contributed by atoms with Gasteiger partial charge in [0.25, 0.3) is 0 Å². The van der Waals surface area contributed by atoms with E-state index in [1.165, 1.54) is 25.3 Å². The fourth-order valence-electron chi connectivity index (χ4n) is 1.94. The molecule has 1 heterocycles. The molecule has 142 valence electrons. The van der Waals surface area contributed by atoms with E-state index in [-0.39, 0.29) is 41.0 Å². The van der Waals surface area contributed by atoms with Gasteiger partial charge in [-0.25, -0.2) is 14.0 Å². The first-order valence-electron chi connectivity index (χ1n) is 7.18. The summed E-state index contributed by atoms with van der Waals surface area (Å²) in [5.74, 6) is -0.161. The number of amidine groups is 1. The Morgan fingerprint density at radius 1 is 1.54 bits per heavy atom. The third-order valence-corrected chi connectivity index (χ3v) is 4.22. The van der Waals surface area contributed by atoms with Gasteiger partial charge in [-0.1, -0.05) is 0 Å². The average Bonchev–Trinajstić information content (AvgIpc) is 3.04. The molecule has 0 spiro atoms. The summed E-state index contributed by atoms with van der Waals surface area (Å²) in [5, 5.41) is 15.6. The predicted molar refractivity (Wildman–Crippen MR) is 98.4 cm³/mol. The van der Waals surface area contributed by atoms with E-state index >= 15 is 0 Å². The van der Waals surface area contributed by atoms with Gasteiger partial charge in [0.05, 0.1) is 22.8 Å². The number of nitrogens with one attached hydrogen (secondary N) is 2. The van der Waals surface area contributed by atoms with E-state index in [0.29, 0.717) is 5.69 Å². The summed E-state index contributed by atoms with van der Waals surface area (Å²) in [6, 6.07) is 3.83. The van der Waals surface area contributed by atoms with E-state index in [1.807, 2.05) is 0 Å². The topological polar surface area (TPSA) is 160 Å². The van der Waals surface area contributed by atoms with E-state index in [1.54, 1.807) is 0 Å². The Morgan fingerprint density at radius 2 is 2.31 bits per heavy atom. The molecule has 26 heavy (non-hydrogen) atoms. The quantitative estimate of drug-likeness (QED) is 0.243. The number of ether oxygens (including phenoxy) is 1. The first-order chi connectivity index (χ1) is 12.4. The molecule has 2 atom stereocenters. The maximum Gasteiger partial charge on any atom is 0.202 e. The van der Waals surface area contributed by atoms with E-state index < -0.39 is 17.4 Å². The lowest BCUT2D eigenvalue weighted by Gasteiger charge is -2.16. The molecule has 0 aliphatic carbocycles. The molecule has 0 amide bonds. The molecule has 2 rings (SSSR count). The lowest BCUT2D eigenvalue weighted by molar-refractivity contribution is 0.178. The molecular weight excluding hydrogens is 433 g/mol. The summed E-state index contributed by atoms with van der Waals surface area (Å²) in [7, 11) is 1.50. The van der Waals surface area contributed by atoms with Crippen LogP contribution >= 0.6 is 15.9 Å². The van der Waals surface area contributed by atoms with Crippen LogP contribution in [0.2, 0.25) is 0 Å². The Bertz CT molecular complexity index is 761. The molecule has 2 aromatic rings. The molecular formula is C13H17BrFN7O3S. The molecule has 0 aliphatic heterocycles. The highest BCUT2D eigenvalue weighted by molar-refractivity contribution is 9.10. The summed E-state index contributed by atoms with van der Waals surface area (Å²) in [6.45, 7) is 0.511. The van der Waals surface area contributed by atoms with E-state index in [9.17, 15) is 8.94 Å². The number of nitrogens with two attached hydrogens (primary N) is 2. The average molecular weight is 450 g/mol. The summed E-state index contributed by atoms with van der Waals surface area (Å²) in [6.07, 6.45) is 0. The van der Waals surface area contributed by atoms with Crippen molar-refractivity contribution in [1.29, 1.82) is 0 Å². The van der Waals surface area contributed by atoms with Crippen molar-refractivity contribution in [3.8, 4) is 0 Å². The predicted octanol–water partition coefficient (Wildman–Crippen LogP) is 0.562. The van der Waals surface area contributed by atoms with Gasteiger partial charge in [-0.2, -0.15) is 0 Å². The molecule has 0 aliphatic rings. The van der Waals surface area contributed by atoms with Crippen molar-refractivity contribution in [1.82, 2.24) is 15.0 Å². The minimum absolute atomic E-state index is 0.0194. The van der Waals surface area contributed by atoms with Gasteiger partial charge in [-0.05, 0) is 44.4 Å². The SMILES string of the molecule is COCC(CNc1nonc1C(N)=Nc1ccc(F)c(Br)c1)N[S+](N)[O-]. The van der Waals surface area contributed by atoms with E-state index in [2.05, 4.69) is 41.3 Å². The van der Waals surface area contributed by atoms with Crippen LogP contribution in [-0.2, 0) is 16.3 Å². The molecule has 6 N–H and O–H groups in total. The van der Waals surface area contributed by atoms with Crippen molar-refractivity contribution in [2.45, 2.75) is 6.04 Å². The zero-order valence-corrected chi connectivity index (χ0v) is 16.0. The number of aliphatic imine (C=N–C) groups is 1. The Hall–Kier alpha value is -1.77. The molecule has 0 fully saturated rings. The fourth-order valence-corrected chi connectivity index (χ4v) is 2.79. The molecule has 0 bridgehead atoms.